The molecule has 2 fully saturated rings. The lowest BCUT2D eigenvalue weighted by atomic mass is 9.81. The smallest absolute Gasteiger partial charge is 0.119 e. The van der Waals surface area contributed by atoms with Gasteiger partial charge in [0.1, 0.15) is 5.75 Å². The summed E-state index contributed by atoms with van der Waals surface area (Å²) >= 11 is 2.18. The molecular formula is C27H41N3O2S. The predicted molar refractivity (Wildman–Crippen MR) is 139 cm³/mol. The lowest BCUT2D eigenvalue weighted by Gasteiger charge is -2.38. The number of pyridine rings is 1. The number of aliphatic hydroxyl groups excluding tert-OH is 1. The molecule has 1 aromatic carbocycles. The number of fused-ring (bicyclic) bond motifs is 1. The zero-order valence-electron chi connectivity index (χ0n) is 20.3. The van der Waals surface area contributed by atoms with E-state index in [0.29, 0.717) is 18.4 Å². The summed E-state index contributed by atoms with van der Waals surface area (Å²) in [5, 5.41) is 15.7. The van der Waals surface area contributed by atoms with Crippen LogP contribution in [0.15, 0.2) is 30.5 Å². The van der Waals surface area contributed by atoms with E-state index in [2.05, 4.69) is 39.1 Å². The predicted octanol–water partition coefficient (Wildman–Crippen LogP) is 4.89. The van der Waals surface area contributed by atoms with Crippen molar-refractivity contribution in [2.24, 2.45) is 11.8 Å². The average molecular weight is 472 g/mol. The summed E-state index contributed by atoms with van der Waals surface area (Å²) in [6, 6.07) is 8.51. The van der Waals surface area contributed by atoms with Gasteiger partial charge in [0.25, 0.3) is 0 Å². The Bertz CT molecular complexity index is 874. The molecule has 1 saturated heterocycles. The number of hydrogen-bond acceptors (Lipinski definition) is 6. The monoisotopic (exact) mass is 471 g/mol. The second kappa shape index (κ2) is 12.4. The summed E-state index contributed by atoms with van der Waals surface area (Å²) in [6.45, 7) is 3.70. The summed E-state index contributed by atoms with van der Waals surface area (Å²) in [4.78, 5) is 7.14. The van der Waals surface area contributed by atoms with Crippen molar-refractivity contribution in [3.05, 3.63) is 36.0 Å². The van der Waals surface area contributed by atoms with Crippen molar-refractivity contribution in [3.8, 4) is 5.75 Å². The Morgan fingerprint density at radius 1 is 1.21 bits per heavy atom. The molecule has 1 saturated carbocycles. The van der Waals surface area contributed by atoms with E-state index >= 15 is 0 Å². The van der Waals surface area contributed by atoms with Crippen molar-refractivity contribution in [1.29, 1.82) is 0 Å². The molecule has 0 bridgehead atoms. The Labute approximate surface area is 203 Å². The molecule has 0 amide bonds. The van der Waals surface area contributed by atoms with Gasteiger partial charge >= 0.3 is 0 Å². The molecule has 33 heavy (non-hydrogen) atoms. The van der Waals surface area contributed by atoms with Crippen molar-refractivity contribution < 1.29 is 9.84 Å². The van der Waals surface area contributed by atoms with Gasteiger partial charge < -0.3 is 20.1 Å². The van der Waals surface area contributed by atoms with E-state index in [1.54, 1.807) is 7.11 Å². The largest absolute Gasteiger partial charge is 0.497 e. The number of ether oxygens (including phenoxy) is 1. The molecule has 1 aliphatic heterocycles. The summed E-state index contributed by atoms with van der Waals surface area (Å²) in [6.07, 6.45) is 11.0. The second-order valence-electron chi connectivity index (χ2n) is 9.77. The number of rotatable bonds is 11. The Hall–Kier alpha value is -1.34. The Morgan fingerprint density at radius 2 is 2.06 bits per heavy atom. The van der Waals surface area contributed by atoms with Crippen molar-refractivity contribution in [2.75, 3.05) is 46.2 Å². The minimum atomic E-state index is 0.266. The number of nitrogens with one attached hydrogen (secondary N) is 1. The zero-order chi connectivity index (χ0) is 23.0. The topological polar surface area (TPSA) is 57.6 Å². The van der Waals surface area contributed by atoms with E-state index in [0.717, 1.165) is 41.3 Å². The van der Waals surface area contributed by atoms with Gasteiger partial charge in [-0.25, -0.2) is 0 Å². The summed E-state index contributed by atoms with van der Waals surface area (Å²) < 4.78 is 5.46. The molecule has 2 aromatic rings. The van der Waals surface area contributed by atoms with Gasteiger partial charge in [0.05, 0.1) is 12.6 Å². The highest BCUT2D eigenvalue weighted by Crippen LogP contribution is 2.34. The van der Waals surface area contributed by atoms with Crippen LogP contribution < -0.4 is 10.1 Å². The quantitative estimate of drug-likeness (QED) is 0.487. The standard InChI is InChI=1S/C27H41N3O2S/c1-28-26(24-11-13-29-27-10-8-22(32-2)17-25(24)27)9-7-20-12-14-30(18-21(20)19-31)15-16-33-23-5-3-4-6-23/h8,10-11,13,17,20-21,23,26,28,31H,3-7,9,12,14-16,18-19H2,1-2H3/t20-,21-,26?/m1/s1. The van der Waals surface area contributed by atoms with E-state index in [-0.39, 0.29) is 6.04 Å². The number of benzene rings is 1. The first-order valence-corrected chi connectivity index (χ1v) is 13.8. The van der Waals surface area contributed by atoms with Gasteiger partial charge in [0.2, 0.25) is 0 Å². The first-order chi connectivity index (χ1) is 16.2. The minimum Gasteiger partial charge on any atom is -0.497 e. The highest BCUT2D eigenvalue weighted by atomic mass is 32.2. The van der Waals surface area contributed by atoms with Gasteiger partial charge in [-0.15, -0.1) is 0 Å². The molecule has 3 atom stereocenters. The molecule has 2 heterocycles. The first-order valence-electron chi connectivity index (χ1n) is 12.8. The Kier molecular flexibility index (Phi) is 9.30. The van der Waals surface area contributed by atoms with Gasteiger partial charge in [-0.1, -0.05) is 12.8 Å². The SMILES string of the molecule is CNC(CC[C@@H]1CCN(CCSC2CCCC2)C[C@@H]1CO)c1ccnc2ccc(OC)cc12. The van der Waals surface area contributed by atoms with Crippen LogP contribution in [0.3, 0.4) is 0 Å². The number of likely N-dealkylation sites (tertiary alicyclic amines) is 1. The molecule has 1 unspecified atom stereocenters. The van der Waals surface area contributed by atoms with Crippen molar-refractivity contribution in [2.45, 2.75) is 56.2 Å². The zero-order valence-corrected chi connectivity index (χ0v) is 21.2. The third-order valence-corrected chi connectivity index (χ3v) is 9.17. The van der Waals surface area contributed by atoms with Crippen LogP contribution in [-0.2, 0) is 0 Å². The highest BCUT2D eigenvalue weighted by molar-refractivity contribution is 7.99. The van der Waals surface area contributed by atoms with E-state index in [9.17, 15) is 5.11 Å². The molecule has 6 heteroatoms. The average Bonchev–Trinajstić information content (AvgIpc) is 3.38. The van der Waals surface area contributed by atoms with Crippen molar-refractivity contribution >= 4 is 22.7 Å². The highest BCUT2D eigenvalue weighted by Gasteiger charge is 2.29. The summed E-state index contributed by atoms with van der Waals surface area (Å²) in [5.74, 6) is 3.09. The van der Waals surface area contributed by atoms with Crippen LogP contribution in [0.4, 0.5) is 0 Å². The Morgan fingerprint density at radius 3 is 2.82 bits per heavy atom. The molecule has 1 aliphatic carbocycles. The number of thioether (sulfide) groups is 1. The molecule has 5 nitrogen and oxygen atoms in total. The third-order valence-electron chi connectivity index (χ3n) is 7.81. The van der Waals surface area contributed by atoms with Gasteiger partial charge in [-0.2, -0.15) is 11.8 Å². The van der Waals surface area contributed by atoms with Gasteiger partial charge in [0.15, 0.2) is 0 Å². The summed E-state index contributed by atoms with van der Waals surface area (Å²) in [5.41, 5.74) is 2.29. The maximum atomic E-state index is 10.1. The Balaban J connectivity index is 1.32. The molecule has 0 spiro atoms. The van der Waals surface area contributed by atoms with Gasteiger partial charge in [-0.05, 0) is 87.4 Å². The maximum Gasteiger partial charge on any atom is 0.119 e. The first kappa shape index (κ1) is 24.8. The fraction of sp³-hybridized carbons (Fsp3) is 0.667. The van der Waals surface area contributed by atoms with Crippen LogP contribution in [-0.4, -0.2) is 66.4 Å². The van der Waals surface area contributed by atoms with E-state index < -0.39 is 0 Å². The van der Waals surface area contributed by atoms with Crippen molar-refractivity contribution in [3.63, 3.8) is 0 Å². The van der Waals surface area contributed by atoms with Crippen LogP contribution in [0.2, 0.25) is 0 Å². The lowest BCUT2D eigenvalue weighted by Crippen LogP contribution is -2.43. The molecule has 0 radical (unpaired) electrons. The number of aromatic nitrogens is 1. The number of nitrogens with zero attached hydrogens (tertiary/aromatic N) is 2. The molecule has 182 valence electrons. The summed E-state index contributed by atoms with van der Waals surface area (Å²) in [7, 11) is 3.76. The number of hydrogen-bond donors (Lipinski definition) is 2. The van der Waals surface area contributed by atoms with Crippen LogP contribution in [0.5, 0.6) is 5.75 Å². The number of aliphatic hydroxyl groups is 1. The van der Waals surface area contributed by atoms with Crippen LogP contribution in [0, 0.1) is 11.8 Å². The number of methoxy groups -OCH3 is 1. The van der Waals surface area contributed by atoms with E-state index in [1.807, 2.05) is 25.4 Å². The third kappa shape index (κ3) is 6.41. The molecule has 1 aromatic heterocycles. The van der Waals surface area contributed by atoms with E-state index in [4.69, 9.17) is 4.74 Å². The molecule has 2 aliphatic rings. The fourth-order valence-corrected chi connectivity index (χ4v) is 7.13. The van der Waals surface area contributed by atoms with Gasteiger partial charge in [-0.3, -0.25) is 4.98 Å². The van der Waals surface area contributed by atoms with Crippen molar-refractivity contribution in [1.82, 2.24) is 15.2 Å². The second-order valence-corrected chi connectivity index (χ2v) is 11.2. The van der Waals surface area contributed by atoms with Crippen LogP contribution in [0.1, 0.15) is 56.6 Å². The molecular weight excluding hydrogens is 430 g/mol. The maximum absolute atomic E-state index is 10.1. The van der Waals surface area contributed by atoms with Crippen LogP contribution in [0.25, 0.3) is 10.9 Å². The molecule has 2 N–H and O–H groups in total. The molecule has 4 rings (SSSR count). The van der Waals surface area contributed by atoms with Crippen LogP contribution >= 0.6 is 11.8 Å². The minimum absolute atomic E-state index is 0.266. The lowest BCUT2D eigenvalue weighted by molar-refractivity contribution is 0.0696. The normalized spacial score (nSPS) is 23.2. The fourth-order valence-electron chi connectivity index (χ4n) is 5.76. The van der Waals surface area contributed by atoms with E-state index in [1.165, 1.54) is 56.5 Å². The number of piperidine rings is 1. The van der Waals surface area contributed by atoms with Gasteiger partial charge in [0, 0.05) is 48.3 Å².